The Labute approximate surface area is 87.5 Å². The zero-order valence-corrected chi connectivity index (χ0v) is 9.23. The fraction of sp³-hybridized carbons (Fsp3) is 0.556. The van der Waals surface area contributed by atoms with Crippen LogP contribution in [-0.2, 0) is 11.2 Å². The van der Waals surface area contributed by atoms with Gasteiger partial charge in [0.25, 0.3) is 0 Å². The molecule has 0 fully saturated rings. The van der Waals surface area contributed by atoms with Crippen molar-refractivity contribution in [2.45, 2.75) is 25.8 Å². The van der Waals surface area contributed by atoms with Gasteiger partial charge in [-0.1, -0.05) is 0 Å². The third kappa shape index (κ3) is 4.34. The van der Waals surface area contributed by atoms with Gasteiger partial charge in [-0.25, -0.2) is 4.98 Å². The molecule has 0 unspecified atom stereocenters. The first-order chi connectivity index (χ1) is 6.47. The van der Waals surface area contributed by atoms with Crippen molar-refractivity contribution in [1.29, 1.82) is 0 Å². The van der Waals surface area contributed by atoms with E-state index in [1.807, 2.05) is 19.2 Å². The molecule has 0 aromatic carbocycles. The summed E-state index contributed by atoms with van der Waals surface area (Å²) in [6, 6.07) is 0. The Balaban J connectivity index is 2.30. The third-order valence-corrected chi connectivity index (χ3v) is 2.20. The van der Waals surface area contributed by atoms with E-state index in [1.165, 1.54) is 11.3 Å². The zero-order chi connectivity index (χ0) is 10.6. The molecule has 0 bridgehead atoms. The second kappa shape index (κ2) is 4.52. The average Bonchev–Trinajstić information content (AvgIpc) is 2.52. The number of nitrogens with two attached hydrogens (primary N) is 1. The fourth-order valence-electron chi connectivity index (χ4n) is 0.878. The summed E-state index contributed by atoms with van der Waals surface area (Å²) in [5.41, 5.74) is 7.89. The normalized spacial score (nSPS) is 11.4. The Morgan fingerprint density at radius 3 is 2.93 bits per heavy atom. The van der Waals surface area contributed by atoms with Crippen molar-refractivity contribution < 1.29 is 4.79 Å². The van der Waals surface area contributed by atoms with Gasteiger partial charge < -0.3 is 11.1 Å². The zero-order valence-electron chi connectivity index (χ0n) is 8.41. The minimum Gasteiger partial charge on any atom is -0.354 e. The maximum atomic E-state index is 11.4. The molecule has 0 aliphatic rings. The second-order valence-electron chi connectivity index (χ2n) is 3.92. The molecule has 3 N–H and O–H groups in total. The number of thiazole rings is 1. The Bertz CT molecular complexity index is 290. The van der Waals surface area contributed by atoms with Crippen LogP contribution in [-0.4, -0.2) is 23.0 Å². The van der Waals surface area contributed by atoms with Gasteiger partial charge >= 0.3 is 0 Å². The van der Waals surface area contributed by atoms with Crippen LogP contribution in [0, 0.1) is 0 Å². The first-order valence-electron chi connectivity index (χ1n) is 4.40. The number of aromatic nitrogens is 1. The summed E-state index contributed by atoms with van der Waals surface area (Å²) in [5, 5.41) is 4.63. The molecule has 0 aliphatic carbocycles. The van der Waals surface area contributed by atoms with Crippen LogP contribution < -0.4 is 11.1 Å². The van der Waals surface area contributed by atoms with Gasteiger partial charge in [-0.2, -0.15) is 0 Å². The first-order valence-corrected chi connectivity index (χ1v) is 5.34. The van der Waals surface area contributed by atoms with Gasteiger partial charge in [-0.05, 0) is 13.8 Å². The lowest BCUT2D eigenvalue weighted by atomic mass is 10.1. The highest BCUT2D eigenvalue weighted by atomic mass is 32.1. The summed E-state index contributed by atoms with van der Waals surface area (Å²) in [5.74, 6) is -0.0329. The average molecular weight is 213 g/mol. The Kier molecular flexibility index (Phi) is 3.60. The smallest absolute Gasteiger partial charge is 0.226 e. The Morgan fingerprint density at radius 2 is 2.43 bits per heavy atom. The lowest BCUT2D eigenvalue weighted by Crippen LogP contribution is -2.45. The minimum atomic E-state index is -0.363. The van der Waals surface area contributed by atoms with E-state index < -0.39 is 0 Å². The van der Waals surface area contributed by atoms with Gasteiger partial charge in [0.05, 0.1) is 17.6 Å². The van der Waals surface area contributed by atoms with Gasteiger partial charge in [0, 0.05) is 17.5 Å². The Hall–Kier alpha value is -0.940. The van der Waals surface area contributed by atoms with Crippen molar-refractivity contribution >= 4 is 17.2 Å². The summed E-state index contributed by atoms with van der Waals surface area (Å²) in [4.78, 5) is 15.4. The van der Waals surface area contributed by atoms with Crippen LogP contribution in [0.25, 0.3) is 0 Å². The number of carbonyl (C=O) groups is 1. The molecule has 1 aromatic rings. The summed E-state index contributed by atoms with van der Waals surface area (Å²) in [6.07, 6.45) is 0.333. The molecular weight excluding hydrogens is 198 g/mol. The molecule has 0 radical (unpaired) electrons. The number of amides is 1. The second-order valence-corrected chi connectivity index (χ2v) is 4.64. The first kappa shape index (κ1) is 11.1. The maximum Gasteiger partial charge on any atom is 0.226 e. The van der Waals surface area contributed by atoms with E-state index in [-0.39, 0.29) is 11.4 Å². The predicted molar refractivity (Wildman–Crippen MR) is 57.1 cm³/mol. The lowest BCUT2D eigenvalue weighted by Gasteiger charge is -2.18. The third-order valence-electron chi connectivity index (χ3n) is 1.57. The molecule has 0 atom stereocenters. The summed E-state index contributed by atoms with van der Waals surface area (Å²) in [6.45, 7) is 4.22. The van der Waals surface area contributed by atoms with E-state index in [2.05, 4.69) is 10.3 Å². The quantitative estimate of drug-likeness (QED) is 0.767. The van der Waals surface area contributed by atoms with Gasteiger partial charge in [-0.15, -0.1) is 11.3 Å². The number of nitrogens with zero attached hydrogens (tertiary/aromatic N) is 1. The molecule has 0 saturated carbocycles. The van der Waals surface area contributed by atoms with E-state index in [4.69, 9.17) is 5.73 Å². The number of hydrogen-bond acceptors (Lipinski definition) is 4. The topological polar surface area (TPSA) is 68.0 Å². The number of hydrogen-bond donors (Lipinski definition) is 2. The summed E-state index contributed by atoms with van der Waals surface area (Å²) >= 11 is 1.49. The molecule has 1 amide bonds. The van der Waals surface area contributed by atoms with Crippen molar-refractivity contribution in [2.75, 3.05) is 6.54 Å². The Morgan fingerprint density at radius 1 is 1.71 bits per heavy atom. The molecule has 78 valence electrons. The molecule has 1 rings (SSSR count). The van der Waals surface area contributed by atoms with E-state index in [0.29, 0.717) is 13.0 Å². The summed E-state index contributed by atoms with van der Waals surface area (Å²) in [7, 11) is 0. The van der Waals surface area contributed by atoms with E-state index in [1.54, 1.807) is 5.51 Å². The van der Waals surface area contributed by atoms with Crippen molar-refractivity contribution in [3.05, 3.63) is 16.6 Å². The van der Waals surface area contributed by atoms with Crippen LogP contribution >= 0.6 is 11.3 Å². The SMILES string of the molecule is CC(C)(N)CNC(=O)Cc1cscn1. The number of nitrogens with one attached hydrogen (secondary N) is 1. The van der Waals surface area contributed by atoms with Crippen molar-refractivity contribution in [2.24, 2.45) is 5.73 Å². The van der Waals surface area contributed by atoms with Crippen molar-refractivity contribution in [3.63, 3.8) is 0 Å². The molecule has 0 saturated heterocycles. The highest BCUT2D eigenvalue weighted by Gasteiger charge is 2.12. The van der Waals surface area contributed by atoms with E-state index in [9.17, 15) is 4.79 Å². The van der Waals surface area contributed by atoms with Crippen LogP contribution in [0.4, 0.5) is 0 Å². The lowest BCUT2D eigenvalue weighted by molar-refractivity contribution is -0.120. The molecule has 0 aliphatic heterocycles. The van der Waals surface area contributed by atoms with E-state index in [0.717, 1.165) is 5.69 Å². The van der Waals surface area contributed by atoms with Crippen LogP contribution in [0.3, 0.4) is 0 Å². The molecule has 14 heavy (non-hydrogen) atoms. The molecule has 0 spiro atoms. The van der Waals surface area contributed by atoms with Crippen molar-refractivity contribution in [3.8, 4) is 0 Å². The van der Waals surface area contributed by atoms with Crippen molar-refractivity contribution in [1.82, 2.24) is 10.3 Å². The number of carbonyl (C=O) groups excluding carboxylic acids is 1. The monoisotopic (exact) mass is 213 g/mol. The van der Waals surface area contributed by atoms with Gasteiger partial charge in [-0.3, -0.25) is 4.79 Å². The maximum absolute atomic E-state index is 11.4. The molecule has 1 aromatic heterocycles. The van der Waals surface area contributed by atoms with Crippen LogP contribution in [0.2, 0.25) is 0 Å². The number of rotatable bonds is 4. The molecule has 5 heteroatoms. The van der Waals surface area contributed by atoms with E-state index >= 15 is 0 Å². The standard InChI is InChI=1S/C9H15N3OS/c1-9(2,10)5-11-8(13)3-7-4-14-6-12-7/h4,6H,3,5,10H2,1-2H3,(H,11,13). The largest absolute Gasteiger partial charge is 0.354 e. The van der Waals surface area contributed by atoms with Crippen LogP contribution in [0.5, 0.6) is 0 Å². The summed E-state index contributed by atoms with van der Waals surface area (Å²) < 4.78 is 0. The van der Waals surface area contributed by atoms with Gasteiger partial charge in [0.15, 0.2) is 0 Å². The minimum absolute atomic E-state index is 0.0329. The molecule has 1 heterocycles. The highest BCUT2D eigenvalue weighted by molar-refractivity contribution is 7.07. The highest BCUT2D eigenvalue weighted by Crippen LogP contribution is 2.01. The fourth-order valence-corrected chi connectivity index (χ4v) is 1.44. The molecular formula is C9H15N3OS. The van der Waals surface area contributed by atoms with Gasteiger partial charge in [0.1, 0.15) is 0 Å². The van der Waals surface area contributed by atoms with Crippen LogP contribution in [0.1, 0.15) is 19.5 Å². The molecule has 4 nitrogen and oxygen atoms in total. The van der Waals surface area contributed by atoms with Crippen LogP contribution in [0.15, 0.2) is 10.9 Å². The van der Waals surface area contributed by atoms with Gasteiger partial charge in [0.2, 0.25) is 5.91 Å². The predicted octanol–water partition coefficient (Wildman–Crippen LogP) is 0.539.